The SMILES string of the molecule is CCN1c2ccccc2CC[C@H]1C#N. The zero-order chi connectivity index (χ0) is 9.97. The molecule has 14 heavy (non-hydrogen) atoms. The van der Waals surface area contributed by atoms with Crippen molar-refractivity contribution in [3.8, 4) is 6.07 Å². The number of fused-ring (bicyclic) bond motifs is 1. The lowest BCUT2D eigenvalue weighted by Gasteiger charge is -2.34. The summed E-state index contributed by atoms with van der Waals surface area (Å²) in [6.07, 6.45) is 1.99. The molecule has 2 nitrogen and oxygen atoms in total. The first-order valence-corrected chi connectivity index (χ1v) is 5.11. The summed E-state index contributed by atoms with van der Waals surface area (Å²) in [5, 5.41) is 9.03. The van der Waals surface area contributed by atoms with Gasteiger partial charge in [-0.2, -0.15) is 5.26 Å². The Bertz CT molecular complexity index is 365. The average Bonchev–Trinajstić information content (AvgIpc) is 2.27. The van der Waals surface area contributed by atoms with Crippen LogP contribution in [0.25, 0.3) is 0 Å². The molecule has 1 aromatic rings. The van der Waals surface area contributed by atoms with E-state index in [-0.39, 0.29) is 6.04 Å². The molecule has 0 saturated heterocycles. The highest BCUT2D eigenvalue weighted by Gasteiger charge is 2.23. The van der Waals surface area contributed by atoms with E-state index in [0.717, 1.165) is 19.4 Å². The van der Waals surface area contributed by atoms with Gasteiger partial charge in [-0.3, -0.25) is 0 Å². The van der Waals surface area contributed by atoms with E-state index in [1.165, 1.54) is 11.3 Å². The third-order valence-corrected chi connectivity index (χ3v) is 2.85. The van der Waals surface area contributed by atoms with E-state index in [2.05, 4.69) is 36.1 Å². The first kappa shape index (κ1) is 9.08. The lowest BCUT2D eigenvalue weighted by atomic mass is 9.96. The van der Waals surface area contributed by atoms with E-state index >= 15 is 0 Å². The molecule has 0 bridgehead atoms. The van der Waals surface area contributed by atoms with Crippen LogP contribution in [0.4, 0.5) is 5.69 Å². The second kappa shape index (κ2) is 3.71. The maximum absolute atomic E-state index is 9.03. The molecule has 0 spiro atoms. The molecule has 1 atom stereocenters. The van der Waals surface area contributed by atoms with Gasteiger partial charge in [0, 0.05) is 12.2 Å². The Morgan fingerprint density at radius 1 is 1.50 bits per heavy atom. The molecule has 0 aliphatic carbocycles. The lowest BCUT2D eigenvalue weighted by molar-refractivity contribution is 0.624. The Labute approximate surface area is 84.8 Å². The zero-order valence-corrected chi connectivity index (χ0v) is 8.40. The molecule has 1 aliphatic rings. The van der Waals surface area contributed by atoms with Crippen molar-refractivity contribution in [2.75, 3.05) is 11.4 Å². The normalized spacial score (nSPS) is 20.0. The molecular formula is C12H14N2. The molecule has 0 aromatic heterocycles. The summed E-state index contributed by atoms with van der Waals surface area (Å²) in [4.78, 5) is 2.19. The highest BCUT2D eigenvalue weighted by Crippen LogP contribution is 2.29. The first-order chi connectivity index (χ1) is 6.86. The second-order valence-corrected chi connectivity index (χ2v) is 3.60. The van der Waals surface area contributed by atoms with Gasteiger partial charge in [-0.05, 0) is 31.4 Å². The van der Waals surface area contributed by atoms with Gasteiger partial charge in [0.1, 0.15) is 6.04 Å². The van der Waals surface area contributed by atoms with Gasteiger partial charge in [-0.25, -0.2) is 0 Å². The minimum Gasteiger partial charge on any atom is -0.356 e. The largest absolute Gasteiger partial charge is 0.356 e. The van der Waals surface area contributed by atoms with Crippen LogP contribution in [0.1, 0.15) is 18.9 Å². The van der Waals surface area contributed by atoms with E-state index < -0.39 is 0 Å². The zero-order valence-electron chi connectivity index (χ0n) is 8.40. The molecule has 1 aromatic carbocycles. The Morgan fingerprint density at radius 2 is 2.29 bits per heavy atom. The molecule has 0 fully saturated rings. The van der Waals surface area contributed by atoms with E-state index in [1.807, 2.05) is 6.07 Å². The van der Waals surface area contributed by atoms with Crippen LogP contribution in [0.5, 0.6) is 0 Å². The molecular weight excluding hydrogens is 172 g/mol. The third kappa shape index (κ3) is 1.35. The maximum atomic E-state index is 9.03. The van der Waals surface area contributed by atoms with Gasteiger partial charge in [0.15, 0.2) is 0 Å². The van der Waals surface area contributed by atoms with Crippen LogP contribution in [-0.2, 0) is 6.42 Å². The highest BCUT2D eigenvalue weighted by atomic mass is 15.2. The van der Waals surface area contributed by atoms with Crippen molar-refractivity contribution in [2.45, 2.75) is 25.8 Å². The predicted molar refractivity (Wildman–Crippen MR) is 57.2 cm³/mol. The average molecular weight is 186 g/mol. The van der Waals surface area contributed by atoms with Crippen LogP contribution in [0.15, 0.2) is 24.3 Å². The molecule has 0 amide bonds. The molecule has 0 saturated carbocycles. The van der Waals surface area contributed by atoms with Crippen molar-refractivity contribution < 1.29 is 0 Å². The molecule has 0 radical (unpaired) electrons. The quantitative estimate of drug-likeness (QED) is 0.673. The van der Waals surface area contributed by atoms with Gasteiger partial charge in [-0.1, -0.05) is 18.2 Å². The Morgan fingerprint density at radius 3 is 3.00 bits per heavy atom. The number of rotatable bonds is 1. The van der Waals surface area contributed by atoms with Gasteiger partial charge in [0.2, 0.25) is 0 Å². The van der Waals surface area contributed by atoms with Crippen molar-refractivity contribution in [1.29, 1.82) is 5.26 Å². The number of nitrogens with zero attached hydrogens (tertiary/aromatic N) is 2. The van der Waals surface area contributed by atoms with E-state index in [1.54, 1.807) is 0 Å². The summed E-state index contributed by atoms with van der Waals surface area (Å²) in [6.45, 7) is 3.02. The number of para-hydroxylation sites is 1. The molecule has 1 heterocycles. The van der Waals surface area contributed by atoms with Gasteiger partial charge < -0.3 is 4.90 Å². The Kier molecular flexibility index (Phi) is 2.41. The lowest BCUT2D eigenvalue weighted by Crippen LogP contribution is -2.38. The van der Waals surface area contributed by atoms with E-state index in [0.29, 0.717) is 0 Å². The number of hydrogen-bond donors (Lipinski definition) is 0. The number of anilines is 1. The Balaban J connectivity index is 2.40. The molecule has 2 heteroatoms. The van der Waals surface area contributed by atoms with Crippen molar-refractivity contribution >= 4 is 5.69 Å². The van der Waals surface area contributed by atoms with Crippen molar-refractivity contribution in [2.24, 2.45) is 0 Å². The fourth-order valence-electron chi connectivity index (χ4n) is 2.14. The van der Waals surface area contributed by atoms with Crippen LogP contribution >= 0.6 is 0 Å². The van der Waals surface area contributed by atoms with Crippen molar-refractivity contribution in [1.82, 2.24) is 0 Å². The highest BCUT2D eigenvalue weighted by molar-refractivity contribution is 5.57. The number of nitriles is 1. The smallest absolute Gasteiger partial charge is 0.117 e. The Hall–Kier alpha value is -1.49. The van der Waals surface area contributed by atoms with Crippen LogP contribution in [0, 0.1) is 11.3 Å². The summed E-state index contributed by atoms with van der Waals surface area (Å²) in [5.74, 6) is 0. The summed E-state index contributed by atoms with van der Waals surface area (Å²) in [7, 11) is 0. The maximum Gasteiger partial charge on any atom is 0.117 e. The number of aryl methyl sites for hydroxylation is 1. The van der Waals surface area contributed by atoms with Crippen LogP contribution in [0.2, 0.25) is 0 Å². The second-order valence-electron chi connectivity index (χ2n) is 3.60. The van der Waals surface area contributed by atoms with Crippen LogP contribution in [-0.4, -0.2) is 12.6 Å². The minimum atomic E-state index is 0.0647. The first-order valence-electron chi connectivity index (χ1n) is 5.11. The summed E-state index contributed by atoms with van der Waals surface area (Å²) >= 11 is 0. The molecule has 72 valence electrons. The summed E-state index contributed by atoms with van der Waals surface area (Å²) in [6, 6.07) is 10.8. The van der Waals surface area contributed by atoms with E-state index in [9.17, 15) is 0 Å². The van der Waals surface area contributed by atoms with Crippen LogP contribution in [0.3, 0.4) is 0 Å². The van der Waals surface area contributed by atoms with Gasteiger partial charge in [0.05, 0.1) is 6.07 Å². The van der Waals surface area contributed by atoms with Crippen molar-refractivity contribution in [3.63, 3.8) is 0 Å². The van der Waals surface area contributed by atoms with E-state index in [4.69, 9.17) is 5.26 Å². The van der Waals surface area contributed by atoms with Crippen LogP contribution < -0.4 is 4.90 Å². The summed E-state index contributed by atoms with van der Waals surface area (Å²) < 4.78 is 0. The fraction of sp³-hybridized carbons (Fsp3) is 0.417. The topological polar surface area (TPSA) is 27.0 Å². The molecule has 1 aliphatic heterocycles. The molecule has 0 N–H and O–H groups in total. The van der Waals surface area contributed by atoms with Gasteiger partial charge in [-0.15, -0.1) is 0 Å². The minimum absolute atomic E-state index is 0.0647. The standard InChI is InChI=1S/C12H14N2/c1-2-14-11(9-13)8-7-10-5-3-4-6-12(10)14/h3-6,11H,2,7-8H2,1H3/t11-/m0/s1. The van der Waals surface area contributed by atoms with Gasteiger partial charge in [0.25, 0.3) is 0 Å². The monoisotopic (exact) mass is 186 g/mol. The molecule has 2 rings (SSSR count). The number of hydrogen-bond acceptors (Lipinski definition) is 2. The third-order valence-electron chi connectivity index (χ3n) is 2.85. The summed E-state index contributed by atoms with van der Waals surface area (Å²) in [5.41, 5.74) is 2.62. The molecule has 0 unspecified atom stereocenters. The van der Waals surface area contributed by atoms with Gasteiger partial charge >= 0.3 is 0 Å². The fourth-order valence-corrected chi connectivity index (χ4v) is 2.14. The number of benzene rings is 1. The predicted octanol–water partition coefficient (Wildman–Crippen LogP) is 2.35. The van der Waals surface area contributed by atoms with Crippen molar-refractivity contribution in [3.05, 3.63) is 29.8 Å².